The Morgan fingerprint density at radius 3 is 2.15 bits per heavy atom. The normalized spacial score (nSPS) is 13.8. The number of para-hydroxylation sites is 1. The summed E-state index contributed by atoms with van der Waals surface area (Å²) in [6, 6.07) is 11.5. The van der Waals surface area contributed by atoms with Crippen molar-refractivity contribution in [3.05, 3.63) is 53.1 Å². The zero-order chi connectivity index (χ0) is 24.7. The van der Waals surface area contributed by atoms with Crippen LogP contribution in [0.3, 0.4) is 0 Å². The molecule has 3 rings (SSSR count). The van der Waals surface area contributed by atoms with Gasteiger partial charge in [0.15, 0.2) is 0 Å². The molecule has 3 amide bonds. The van der Waals surface area contributed by atoms with Gasteiger partial charge in [-0.3, -0.25) is 4.79 Å². The Morgan fingerprint density at radius 1 is 0.912 bits per heavy atom. The Hall–Kier alpha value is -3.02. The largest absolute Gasteiger partial charge is 0.371 e. The number of nitrogens with one attached hydrogen (secondary N) is 3. The van der Waals surface area contributed by atoms with Crippen LogP contribution in [0.1, 0.15) is 93.6 Å². The molecule has 0 aromatic heterocycles. The van der Waals surface area contributed by atoms with Gasteiger partial charge in [0.25, 0.3) is 5.91 Å². The summed E-state index contributed by atoms with van der Waals surface area (Å²) in [6.07, 6.45) is 4.36. The Kier molecular flexibility index (Phi) is 8.97. The van der Waals surface area contributed by atoms with Crippen molar-refractivity contribution in [1.29, 1.82) is 0 Å². The van der Waals surface area contributed by atoms with Crippen molar-refractivity contribution < 1.29 is 9.59 Å². The molecule has 1 aliphatic heterocycles. The van der Waals surface area contributed by atoms with Crippen LogP contribution in [0.4, 0.5) is 21.9 Å². The van der Waals surface area contributed by atoms with Gasteiger partial charge in [-0.1, -0.05) is 52.8 Å². The van der Waals surface area contributed by atoms with Crippen LogP contribution in [0.25, 0.3) is 0 Å². The number of urea groups is 1. The van der Waals surface area contributed by atoms with Crippen LogP contribution in [0.15, 0.2) is 36.4 Å². The zero-order valence-electron chi connectivity index (χ0n) is 21.3. The highest BCUT2D eigenvalue weighted by molar-refractivity contribution is 6.04. The predicted octanol–water partition coefficient (Wildman–Crippen LogP) is 6.71. The average molecular weight is 465 g/mol. The van der Waals surface area contributed by atoms with Crippen molar-refractivity contribution in [3.63, 3.8) is 0 Å². The van der Waals surface area contributed by atoms with E-state index in [2.05, 4.69) is 60.7 Å². The first kappa shape index (κ1) is 25.6. The molecule has 1 fully saturated rings. The Morgan fingerprint density at radius 2 is 1.56 bits per heavy atom. The van der Waals surface area contributed by atoms with Crippen LogP contribution in [-0.2, 0) is 0 Å². The van der Waals surface area contributed by atoms with E-state index in [0.717, 1.165) is 54.9 Å². The van der Waals surface area contributed by atoms with Crippen LogP contribution in [0, 0.1) is 0 Å². The molecular weight excluding hydrogens is 424 g/mol. The molecule has 184 valence electrons. The maximum absolute atomic E-state index is 13.0. The van der Waals surface area contributed by atoms with Crippen molar-refractivity contribution in [3.8, 4) is 0 Å². The fourth-order valence-electron chi connectivity index (χ4n) is 4.51. The monoisotopic (exact) mass is 464 g/mol. The molecule has 0 bridgehead atoms. The fourth-order valence-corrected chi connectivity index (χ4v) is 4.51. The second-order valence-corrected chi connectivity index (χ2v) is 9.74. The topological polar surface area (TPSA) is 73.5 Å². The van der Waals surface area contributed by atoms with Crippen molar-refractivity contribution in [1.82, 2.24) is 5.32 Å². The third kappa shape index (κ3) is 6.31. The van der Waals surface area contributed by atoms with Crippen molar-refractivity contribution >= 4 is 29.0 Å². The van der Waals surface area contributed by atoms with Gasteiger partial charge in [-0.05, 0) is 66.8 Å². The molecule has 0 atom stereocenters. The fraction of sp³-hybridized carbons (Fsp3) is 0.500. The molecule has 1 heterocycles. The molecule has 3 N–H and O–H groups in total. The molecule has 1 saturated heterocycles. The van der Waals surface area contributed by atoms with E-state index in [-0.39, 0.29) is 23.8 Å². The third-order valence-corrected chi connectivity index (χ3v) is 6.34. The average Bonchev–Trinajstić information content (AvgIpc) is 2.82. The van der Waals surface area contributed by atoms with Gasteiger partial charge in [-0.25, -0.2) is 4.79 Å². The van der Waals surface area contributed by atoms with E-state index in [1.165, 1.54) is 6.42 Å². The summed E-state index contributed by atoms with van der Waals surface area (Å²) < 4.78 is 0. The van der Waals surface area contributed by atoms with Crippen molar-refractivity contribution in [2.24, 2.45) is 0 Å². The van der Waals surface area contributed by atoms with Gasteiger partial charge < -0.3 is 20.9 Å². The van der Waals surface area contributed by atoms with Crippen molar-refractivity contribution in [2.75, 3.05) is 35.2 Å². The highest BCUT2D eigenvalue weighted by Crippen LogP contribution is 2.33. The van der Waals surface area contributed by atoms with Crippen LogP contribution in [0.5, 0.6) is 0 Å². The highest BCUT2D eigenvalue weighted by atomic mass is 16.2. The molecular formula is C28H40N4O2. The summed E-state index contributed by atoms with van der Waals surface area (Å²) in [5.41, 5.74) is 5.25. The number of hydrogen-bond donors (Lipinski definition) is 3. The Bertz CT molecular complexity index is 968. The summed E-state index contributed by atoms with van der Waals surface area (Å²) in [4.78, 5) is 28.3. The van der Waals surface area contributed by atoms with Gasteiger partial charge >= 0.3 is 6.03 Å². The highest BCUT2D eigenvalue weighted by Gasteiger charge is 2.20. The number of carbonyl (C=O) groups excluding carboxylic acids is 2. The molecule has 6 heteroatoms. The van der Waals surface area contributed by atoms with Crippen molar-refractivity contribution in [2.45, 2.75) is 72.1 Å². The van der Waals surface area contributed by atoms with E-state index >= 15 is 0 Å². The second-order valence-electron chi connectivity index (χ2n) is 9.74. The number of nitrogens with zero attached hydrogens (tertiary/aromatic N) is 1. The van der Waals surface area contributed by atoms with E-state index < -0.39 is 0 Å². The van der Waals surface area contributed by atoms with E-state index in [9.17, 15) is 9.59 Å². The molecule has 0 radical (unpaired) electrons. The minimum Gasteiger partial charge on any atom is -0.371 e. The number of rotatable bonds is 8. The lowest BCUT2D eigenvalue weighted by atomic mass is 9.93. The first-order valence-electron chi connectivity index (χ1n) is 12.7. The van der Waals surface area contributed by atoms with Gasteiger partial charge in [-0.2, -0.15) is 0 Å². The lowest BCUT2D eigenvalue weighted by Crippen LogP contribution is -2.33. The smallest absolute Gasteiger partial charge is 0.323 e. The predicted molar refractivity (Wildman–Crippen MR) is 142 cm³/mol. The number of benzene rings is 2. The first-order valence-corrected chi connectivity index (χ1v) is 12.7. The molecule has 0 saturated carbocycles. The van der Waals surface area contributed by atoms with Crippen LogP contribution in [0.2, 0.25) is 0 Å². The number of carbonyl (C=O) groups is 2. The van der Waals surface area contributed by atoms with Crippen LogP contribution >= 0.6 is 0 Å². The van der Waals surface area contributed by atoms with E-state index in [0.29, 0.717) is 17.8 Å². The SMILES string of the molecule is CCCNC(=O)c1cc(NC(=O)Nc2c(C(C)C)cccc2C(C)C)ccc1N1CCCCC1. The quantitative estimate of drug-likeness (QED) is 0.407. The molecule has 0 spiro atoms. The molecule has 6 nitrogen and oxygen atoms in total. The molecule has 0 aliphatic carbocycles. The Balaban J connectivity index is 1.85. The summed E-state index contributed by atoms with van der Waals surface area (Å²) in [6.45, 7) is 13.1. The van der Waals surface area contributed by atoms with E-state index in [1.807, 2.05) is 25.1 Å². The maximum atomic E-state index is 13.0. The molecule has 1 aliphatic rings. The van der Waals surface area contributed by atoms with Gasteiger partial charge in [-0.15, -0.1) is 0 Å². The minimum absolute atomic E-state index is 0.0984. The van der Waals surface area contributed by atoms with E-state index in [4.69, 9.17) is 0 Å². The second kappa shape index (κ2) is 11.9. The third-order valence-electron chi connectivity index (χ3n) is 6.34. The number of amides is 3. The first-order chi connectivity index (χ1) is 16.3. The van der Waals surface area contributed by atoms with Gasteiger partial charge in [0.1, 0.15) is 0 Å². The maximum Gasteiger partial charge on any atom is 0.323 e. The molecule has 34 heavy (non-hydrogen) atoms. The lowest BCUT2D eigenvalue weighted by Gasteiger charge is -2.30. The van der Waals surface area contributed by atoms with Crippen LogP contribution in [-0.4, -0.2) is 31.6 Å². The molecule has 2 aromatic carbocycles. The Labute approximate surface area is 204 Å². The standard InChI is InChI=1S/C28H40N4O2/c1-6-15-29-27(33)24-18-21(13-14-25(24)32-16-8-7-9-17-32)30-28(34)31-26-22(19(2)3)11-10-12-23(26)20(4)5/h10-14,18-20H,6-9,15-17H2,1-5H3,(H,29,33)(H2,30,31,34). The van der Waals surface area contributed by atoms with Gasteiger partial charge in [0, 0.05) is 36.7 Å². The lowest BCUT2D eigenvalue weighted by molar-refractivity contribution is 0.0954. The van der Waals surface area contributed by atoms with E-state index in [1.54, 1.807) is 6.07 Å². The van der Waals surface area contributed by atoms with Gasteiger partial charge in [0.05, 0.1) is 5.56 Å². The van der Waals surface area contributed by atoms with Crippen LogP contribution < -0.4 is 20.9 Å². The minimum atomic E-state index is -0.305. The summed E-state index contributed by atoms with van der Waals surface area (Å²) in [5, 5.41) is 9.04. The molecule has 2 aromatic rings. The zero-order valence-corrected chi connectivity index (χ0v) is 21.3. The summed E-state index contributed by atoms with van der Waals surface area (Å²) >= 11 is 0. The number of hydrogen-bond acceptors (Lipinski definition) is 3. The number of anilines is 3. The summed E-state index contributed by atoms with van der Waals surface area (Å²) in [5.74, 6) is 0.470. The number of piperidine rings is 1. The summed E-state index contributed by atoms with van der Waals surface area (Å²) in [7, 11) is 0. The van der Waals surface area contributed by atoms with Gasteiger partial charge in [0.2, 0.25) is 0 Å². The molecule has 0 unspecified atom stereocenters.